The van der Waals surface area contributed by atoms with Crippen molar-refractivity contribution in [1.82, 2.24) is 0 Å². The molecule has 3 N–H and O–H groups in total. The average molecular weight is 935 g/mol. The minimum Gasteiger partial charge on any atom is -0.418 e. The molecular weight excluding hydrogens is 843 g/mol. The number of hydrogen-bond acceptors (Lipinski definition) is 6. The molecule has 0 amide bonds. The lowest BCUT2D eigenvalue weighted by molar-refractivity contribution is -0.0606. The Balaban J connectivity index is -0.000000698. The van der Waals surface area contributed by atoms with E-state index in [1.165, 1.54) is 64.2 Å². The topological polar surface area (TPSA) is 88.4 Å². The van der Waals surface area contributed by atoms with Gasteiger partial charge in [-0.15, -0.1) is 59.6 Å². The number of allylic oxidation sites excluding steroid dienone is 4. The van der Waals surface area contributed by atoms with E-state index in [1.54, 1.807) is 19.9 Å². The molecule has 0 aromatic heterocycles. The van der Waals surface area contributed by atoms with Gasteiger partial charge in [0.05, 0.1) is 30.5 Å². The normalized spacial score (nSPS) is 22.3. The second-order valence-electron chi connectivity index (χ2n) is 15.6. The molecule has 0 aliphatic heterocycles. The van der Waals surface area contributed by atoms with Gasteiger partial charge in [-0.3, -0.25) is 0 Å². The number of rotatable bonds is 26. The lowest BCUT2D eigenvalue weighted by Crippen LogP contribution is -2.44. The molecule has 2 rings (SSSR count). The van der Waals surface area contributed by atoms with Crippen molar-refractivity contribution in [2.75, 3.05) is 0 Å². The molecule has 0 aromatic carbocycles. The number of aliphatic hydroxyl groups is 3. The summed E-state index contributed by atoms with van der Waals surface area (Å²) in [6.07, 6.45) is 22.8. The monoisotopic (exact) mass is 932 g/mol. The van der Waals surface area contributed by atoms with Crippen LogP contribution in [0.15, 0.2) is 50.6 Å². The predicted molar refractivity (Wildman–Crippen MR) is 266 cm³/mol. The number of fused-ring (bicyclic) bond motifs is 1. The predicted octanol–water partition coefficient (Wildman–Crippen LogP) is 11.2. The van der Waals surface area contributed by atoms with Gasteiger partial charge in [0.2, 0.25) is 0 Å². The largest absolute Gasteiger partial charge is 0.418 e. The van der Waals surface area contributed by atoms with E-state index in [0.29, 0.717) is 18.9 Å². The van der Waals surface area contributed by atoms with E-state index in [0.717, 1.165) is 54.6 Å². The van der Waals surface area contributed by atoms with Gasteiger partial charge in [-0.2, -0.15) is 0 Å². The second-order valence-corrected chi connectivity index (χ2v) is 28.7. The highest BCUT2D eigenvalue weighted by molar-refractivity contribution is 7.64. The maximum atomic E-state index is 9.09. The molecule has 6 nitrogen and oxygen atoms in total. The van der Waals surface area contributed by atoms with Crippen LogP contribution in [-0.4, -0.2) is 87.2 Å². The summed E-state index contributed by atoms with van der Waals surface area (Å²) in [7, 11) is -1.67. The van der Waals surface area contributed by atoms with Crippen LogP contribution in [0.3, 0.4) is 0 Å². The van der Waals surface area contributed by atoms with Crippen molar-refractivity contribution in [3.63, 3.8) is 0 Å². The van der Waals surface area contributed by atoms with Crippen LogP contribution >= 0.6 is 33.2 Å². The molecule has 0 spiro atoms. The SMILES string of the molecule is C=CC[SiH2]OC(CC)C(O[SiH2]CC=C)C(CC)O[SiH2]CC=C.C=CC[Si](Cl)(Cl)Cl.CC1CCCC(C)C2CCC12.CCC(O)C(O)C(O)CC.CCCCCCC. The van der Waals surface area contributed by atoms with Gasteiger partial charge in [-0.05, 0) is 80.3 Å². The van der Waals surface area contributed by atoms with Gasteiger partial charge >= 0.3 is 6.00 Å². The first-order valence-electron chi connectivity index (χ1n) is 22.5. The first kappa shape index (κ1) is 61.8. The van der Waals surface area contributed by atoms with Gasteiger partial charge in [0.15, 0.2) is 29.3 Å². The van der Waals surface area contributed by atoms with Crippen LogP contribution in [0.25, 0.3) is 0 Å². The molecule has 0 radical (unpaired) electrons. The number of halogens is 3. The number of unbranched alkanes of at least 4 members (excludes halogenated alkanes) is 4. The Hall–Kier alpha value is 0.458. The minimum absolute atomic E-state index is 0.0799. The average Bonchev–Trinajstić information content (AvgIpc) is 3.26. The summed E-state index contributed by atoms with van der Waals surface area (Å²) in [5.41, 5.74) is 0. The van der Waals surface area contributed by atoms with E-state index in [2.05, 4.69) is 67.9 Å². The Morgan fingerprint density at radius 3 is 1.25 bits per heavy atom. The third-order valence-corrected chi connectivity index (χ3v) is 16.9. The van der Waals surface area contributed by atoms with E-state index >= 15 is 0 Å². The lowest BCUT2D eigenvalue weighted by atomic mass is 9.64. The van der Waals surface area contributed by atoms with E-state index < -0.39 is 53.6 Å². The van der Waals surface area contributed by atoms with Crippen LogP contribution in [0.4, 0.5) is 0 Å². The van der Waals surface area contributed by atoms with Gasteiger partial charge < -0.3 is 28.6 Å². The van der Waals surface area contributed by atoms with Gasteiger partial charge in [0.25, 0.3) is 0 Å². The Kier molecular flexibility index (Phi) is 45.3. The van der Waals surface area contributed by atoms with Crippen LogP contribution in [-0.2, 0) is 13.3 Å². The second kappa shape index (κ2) is 41.8. The van der Waals surface area contributed by atoms with Gasteiger partial charge in [-0.25, -0.2) is 0 Å². The number of aliphatic hydroxyl groups excluding tert-OH is 3. The van der Waals surface area contributed by atoms with Gasteiger partial charge in [-0.1, -0.05) is 131 Å². The highest BCUT2D eigenvalue weighted by Crippen LogP contribution is 2.49. The molecule has 2 aliphatic carbocycles. The van der Waals surface area contributed by atoms with Crippen LogP contribution < -0.4 is 0 Å². The maximum Gasteiger partial charge on any atom is 0.344 e. The van der Waals surface area contributed by atoms with E-state index in [-0.39, 0.29) is 18.3 Å². The highest BCUT2D eigenvalue weighted by atomic mass is 35.8. The van der Waals surface area contributed by atoms with Crippen molar-refractivity contribution < 1.29 is 28.6 Å². The zero-order valence-electron chi connectivity index (χ0n) is 38.0. The Labute approximate surface area is 375 Å². The van der Waals surface area contributed by atoms with Crippen molar-refractivity contribution in [2.45, 2.75) is 206 Å². The summed E-state index contributed by atoms with van der Waals surface area (Å²) in [6, 6.07) is 1.20. The van der Waals surface area contributed by atoms with Gasteiger partial charge in [0.1, 0.15) is 6.10 Å². The fourth-order valence-electron chi connectivity index (χ4n) is 6.97. The Bertz CT molecular complexity index is 883. The summed E-state index contributed by atoms with van der Waals surface area (Å²) in [5, 5.41) is 27.1. The van der Waals surface area contributed by atoms with E-state index in [1.807, 2.05) is 18.2 Å². The van der Waals surface area contributed by atoms with Crippen molar-refractivity contribution in [3.8, 4) is 0 Å². The molecule has 8 atom stereocenters. The van der Waals surface area contributed by atoms with E-state index in [9.17, 15) is 0 Å². The van der Waals surface area contributed by atoms with Gasteiger partial charge in [0, 0.05) is 6.04 Å². The molecular formula is C44H91Cl3O6Si4. The third-order valence-electron chi connectivity index (χ3n) is 10.8. The fraction of sp³-hybridized carbons (Fsp3) is 0.818. The first-order valence-corrected chi connectivity index (χ1v) is 32.5. The molecule has 2 aliphatic rings. The molecule has 0 saturated heterocycles. The van der Waals surface area contributed by atoms with Crippen molar-refractivity contribution >= 4 is 68.5 Å². The van der Waals surface area contributed by atoms with Crippen molar-refractivity contribution in [3.05, 3.63) is 50.6 Å². The van der Waals surface area contributed by atoms with Crippen LogP contribution in [0.2, 0.25) is 24.2 Å². The molecule has 340 valence electrons. The summed E-state index contributed by atoms with van der Waals surface area (Å²) in [5.74, 6) is 4.32. The fourth-order valence-corrected chi connectivity index (χ4v) is 11.3. The molecule has 2 saturated carbocycles. The molecule has 57 heavy (non-hydrogen) atoms. The third kappa shape index (κ3) is 33.7. The summed E-state index contributed by atoms with van der Waals surface area (Å²) in [6.45, 7) is 32.1. The zero-order valence-corrected chi connectivity index (χ0v) is 45.5. The summed E-state index contributed by atoms with van der Waals surface area (Å²) >= 11 is 16.3. The number of hydrogen-bond donors (Lipinski definition) is 3. The standard InChI is InChI=1S/C16H34O3Si3.C11H20.C7H16O3.C7H16.C3H5Cl3Si/c1-6-11-20-17-14(9-4)16(19-22-13-8-3)15(10-5)18-21-12-7-2;1-8-4-3-5-9(2)11-7-6-10(8)11;1-3-5(8)7(10)6(9)4-2;1-3-5-7-6-4-2;1-2-3-7(4,5)6/h6-8,14-16H,1-3,9-13,20-22H2,4-5H3;8-11H,3-7H2,1-2H3;5-10H,3-4H2,1-2H3;3-7H2,1-2H3;2H,1,3H2. The molecule has 13 heteroatoms. The quantitative estimate of drug-likeness (QED) is 0.0347. The highest BCUT2D eigenvalue weighted by Gasteiger charge is 2.39. The lowest BCUT2D eigenvalue weighted by Gasteiger charge is -2.42. The zero-order chi connectivity index (χ0) is 44.1. The smallest absolute Gasteiger partial charge is 0.344 e. The summed E-state index contributed by atoms with van der Waals surface area (Å²) < 4.78 is 18.6. The minimum atomic E-state index is -2.36. The van der Waals surface area contributed by atoms with E-state index in [4.69, 9.17) is 61.8 Å². The first-order chi connectivity index (χ1) is 27.1. The van der Waals surface area contributed by atoms with Crippen LogP contribution in [0.1, 0.15) is 145 Å². The van der Waals surface area contributed by atoms with Crippen LogP contribution in [0.5, 0.6) is 0 Å². The van der Waals surface area contributed by atoms with Crippen molar-refractivity contribution in [1.29, 1.82) is 0 Å². The Morgan fingerprint density at radius 1 is 0.596 bits per heavy atom. The molecule has 0 heterocycles. The Morgan fingerprint density at radius 2 is 0.982 bits per heavy atom. The molecule has 0 bridgehead atoms. The van der Waals surface area contributed by atoms with Crippen molar-refractivity contribution in [2.24, 2.45) is 23.7 Å². The molecule has 2 fully saturated rings. The molecule has 8 unspecified atom stereocenters. The summed E-state index contributed by atoms with van der Waals surface area (Å²) in [4.78, 5) is 0. The van der Waals surface area contributed by atoms with Crippen LogP contribution in [0, 0.1) is 23.7 Å². The maximum absolute atomic E-state index is 9.09. The molecule has 0 aromatic rings.